The molecule has 0 bridgehead atoms. The highest BCUT2D eigenvalue weighted by molar-refractivity contribution is 6.32. The molecule has 1 aromatic rings. The second-order valence-electron chi connectivity index (χ2n) is 3.06. The third-order valence-corrected chi connectivity index (χ3v) is 2.10. The van der Waals surface area contributed by atoms with Crippen LogP contribution in [0.2, 0.25) is 5.15 Å². The highest BCUT2D eigenvalue weighted by Crippen LogP contribution is 2.16. The normalized spacial score (nSPS) is 10.1. The summed E-state index contributed by atoms with van der Waals surface area (Å²) in [5.41, 5.74) is 0.516. The maximum absolute atomic E-state index is 11.4. The van der Waals surface area contributed by atoms with Crippen LogP contribution in [0.1, 0.15) is 0 Å². The Hall–Kier alpha value is -1.17. The molecular formula is C10H14ClN3O2. The molecule has 1 rings (SSSR count). The molecule has 1 aromatic heterocycles. The molecule has 0 saturated carbocycles. The number of carbonyl (C=O) groups is 1. The summed E-state index contributed by atoms with van der Waals surface area (Å²) >= 11 is 5.79. The lowest BCUT2D eigenvalue weighted by molar-refractivity contribution is -0.115. The minimum absolute atomic E-state index is 0.161. The van der Waals surface area contributed by atoms with E-state index in [1.165, 1.54) is 0 Å². The summed E-state index contributed by atoms with van der Waals surface area (Å²) in [6.07, 6.45) is 1.56. The van der Waals surface area contributed by atoms with Gasteiger partial charge in [0, 0.05) is 19.9 Å². The Bertz CT molecular complexity index is 347. The minimum atomic E-state index is -0.161. The molecule has 88 valence electrons. The first kappa shape index (κ1) is 12.9. The van der Waals surface area contributed by atoms with Gasteiger partial charge in [0.1, 0.15) is 0 Å². The summed E-state index contributed by atoms with van der Waals surface area (Å²) in [5.74, 6) is -0.161. The van der Waals surface area contributed by atoms with Gasteiger partial charge in [0.15, 0.2) is 5.15 Å². The molecule has 0 radical (unpaired) electrons. The van der Waals surface area contributed by atoms with Gasteiger partial charge in [-0.25, -0.2) is 4.98 Å². The van der Waals surface area contributed by atoms with E-state index in [-0.39, 0.29) is 17.6 Å². The number of carbonyl (C=O) groups excluding carboxylic acids is 1. The lowest BCUT2D eigenvalue weighted by Gasteiger charge is -2.06. The van der Waals surface area contributed by atoms with Gasteiger partial charge in [-0.1, -0.05) is 11.6 Å². The molecule has 0 saturated heterocycles. The SMILES string of the molecule is COCCNCC(=O)Nc1cccnc1Cl. The Kier molecular flexibility index (Phi) is 5.77. The van der Waals surface area contributed by atoms with Gasteiger partial charge in [0.2, 0.25) is 5.91 Å². The van der Waals surface area contributed by atoms with Crippen LogP contribution in [0.25, 0.3) is 0 Å². The van der Waals surface area contributed by atoms with Gasteiger partial charge in [-0.2, -0.15) is 0 Å². The van der Waals surface area contributed by atoms with Gasteiger partial charge in [0.25, 0.3) is 0 Å². The van der Waals surface area contributed by atoms with E-state index in [1.807, 2.05) is 0 Å². The number of hydrogen-bond acceptors (Lipinski definition) is 4. The molecule has 1 heterocycles. The lowest BCUT2D eigenvalue weighted by atomic mass is 10.4. The summed E-state index contributed by atoms with van der Waals surface area (Å²) in [6, 6.07) is 3.40. The number of aromatic nitrogens is 1. The van der Waals surface area contributed by atoms with Gasteiger partial charge in [-0.15, -0.1) is 0 Å². The van der Waals surface area contributed by atoms with Crippen LogP contribution in [-0.4, -0.2) is 37.7 Å². The van der Waals surface area contributed by atoms with Crippen LogP contribution in [0.5, 0.6) is 0 Å². The van der Waals surface area contributed by atoms with Crippen molar-refractivity contribution in [3.63, 3.8) is 0 Å². The molecule has 0 aliphatic heterocycles. The molecule has 6 heteroatoms. The summed E-state index contributed by atoms with van der Waals surface area (Å²) < 4.78 is 4.84. The zero-order valence-corrected chi connectivity index (χ0v) is 9.75. The van der Waals surface area contributed by atoms with Gasteiger partial charge in [-0.05, 0) is 12.1 Å². The van der Waals surface area contributed by atoms with Gasteiger partial charge >= 0.3 is 0 Å². The van der Waals surface area contributed by atoms with Crippen molar-refractivity contribution in [2.45, 2.75) is 0 Å². The van der Waals surface area contributed by atoms with Crippen LogP contribution < -0.4 is 10.6 Å². The van der Waals surface area contributed by atoms with Crippen molar-refractivity contribution in [2.24, 2.45) is 0 Å². The Morgan fingerprint density at radius 3 is 3.12 bits per heavy atom. The number of ether oxygens (including phenoxy) is 1. The second kappa shape index (κ2) is 7.16. The lowest BCUT2D eigenvalue weighted by Crippen LogP contribution is -2.30. The number of nitrogens with zero attached hydrogens (tertiary/aromatic N) is 1. The molecule has 0 fully saturated rings. The van der Waals surface area contributed by atoms with Crippen LogP contribution in [0.4, 0.5) is 5.69 Å². The number of nitrogens with one attached hydrogen (secondary N) is 2. The van der Waals surface area contributed by atoms with Gasteiger partial charge in [0.05, 0.1) is 18.8 Å². The van der Waals surface area contributed by atoms with Crippen LogP contribution in [0, 0.1) is 0 Å². The van der Waals surface area contributed by atoms with Crippen molar-refractivity contribution >= 4 is 23.2 Å². The zero-order valence-electron chi connectivity index (χ0n) is 9.00. The van der Waals surface area contributed by atoms with Crippen molar-refractivity contribution in [1.29, 1.82) is 0 Å². The molecule has 2 N–H and O–H groups in total. The van der Waals surface area contributed by atoms with E-state index in [4.69, 9.17) is 16.3 Å². The Balaban J connectivity index is 2.32. The third kappa shape index (κ3) is 4.57. The van der Waals surface area contributed by atoms with Crippen LogP contribution in [0.15, 0.2) is 18.3 Å². The van der Waals surface area contributed by atoms with Crippen molar-refractivity contribution in [1.82, 2.24) is 10.3 Å². The summed E-state index contributed by atoms with van der Waals surface area (Å²) in [6.45, 7) is 1.42. The number of pyridine rings is 1. The number of hydrogen-bond donors (Lipinski definition) is 2. The summed E-state index contributed by atoms with van der Waals surface area (Å²) in [4.78, 5) is 15.3. The zero-order chi connectivity index (χ0) is 11.8. The first-order valence-corrected chi connectivity index (χ1v) is 5.22. The molecule has 1 amide bonds. The van der Waals surface area contributed by atoms with E-state index < -0.39 is 0 Å². The highest BCUT2D eigenvalue weighted by Gasteiger charge is 2.04. The average molecular weight is 244 g/mol. The predicted molar refractivity (Wildman–Crippen MR) is 62.6 cm³/mol. The molecule has 5 nitrogen and oxygen atoms in total. The molecule has 0 spiro atoms. The van der Waals surface area contributed by atoms with E-state index in [0.29, 0.717) is 18.8 Å². The molecule has 16 heavy (non-hydrogen) atoms. The van der Waals surface area contributed by atoms with Crippen molar-refractivity contribution in [3.05, 3.63) is 23.5 Å². The number of anilines is 1. The van der Waals surface area contributed by atoms with Crippen molar-refractivity contribution < 1.29 is 9.53 Å². The Labute approximate surface area is 99.2 Å². The second-order valence-corrected chi connectivity index (χ2v) is 3.42. The van der Waals surface area contributed by atoms with Crippen LogP contribution in [0.3, 0.4) is 0 Å². The van der Waals surface area contributed by atoms with E-state index in [9.17, 15) is 4.79 Å². The van der Waals surface area contributed by atoms with E-state index >= 15 is 0 Å². The molecule has 0 aliphatic rings. The number of amides is 1. The first-order valence-electron chi connectivity index (χ1n) is 4.84. The molecular weight excluding hydrogens is 230 g/mol. The molecule has 0 aliphatic carbocycles. The van der Waals surface area contributed by atoms with Gasteiger partial charge < -0.3 is 15.4 Å². The van der Waals surface area contributed by atoms with Crippen LogP contribution >= 0.6 is 11.6 Å². The third-order valence-electron chi connectivity index (χ3n) is 1.80. The fourth-order valence-electron chi connectivity index (χ4n) is 1.05. The average Bonchev–Trinajstić information content (AvgIpc) is 2.28. The number of rotatable bonds is 6. The molecule has 0 unspecified atom stereocenters. The first-order chi connectivity index (χ1) is 7.74. The monoisotopic (exact) mass is 243 g/mol. The maximum Gasteiger partial charge on any atom is 0.238 e. The quantitative estimate of drug-likeness (QED) is 0.576. The number of methoxy groups -OCH3 is 1. The van der Waals surface area contributed by atoms with Gasteiger partial charge in [-0.3, -0.25) is 4.79 Å². The standard InChI is InChI=1S/C10H14ClN3O2/c1-16-6-5-12-7-9(15)14-8-3-2-4-13-10(8)11/h2-4,12H,5-7H2,1H3,(H,14,15). The highest BCUT2D eigenvalue weighted by atomic mass is 35.5. The molecule has 0 aromatic carbocycles. The maximum atomic E-state index is 11.4. The number of halogens is 1. The largest absolute Gasteiger partial charge is 0.383 e. The van der Waals surface area contributed by atoms with Crippen molar-refractivity contribution in [2.75, 3.05) is 32.1 Å². The minimum Gasteiger partial charge on any atom is -0.383 e. The smallest absolute Gasteiger partial charge is 0.238 e. The fraction of sp³-hybridized carbons (Fsp3) is 0.400. The fourth-order valence-corrected chi connectivity index (χ4v) is 1.22. The van der Waals surface area contributed by atoms with Crippen molar-refractivity contribution in [3.8, 4) is 0 Å². The van der Waals surface area contributed by atoms with E-state index in [0.717, 1.165) is 0 Å². The van der Waals surface area contributed by atoms with E-state index in [1.54, 1.807) is 25.4 Å². The molecule has 0 atom stereocenters. The Morgan fingerprint density at radius 1 is 1.62 bits per heavy atom. The predicted octanol–water partition coefficient (Wildman–Crippen LogP) is 0.909. The summed E-state index contributed by atoms with van der Waals surface area (Å²) in [5, 5.41) is 5.86. The van der Waals surface area contributed by atoms with Crippen LogP contribution in [-0.2, 0) is 9.53 Å². The van der Waals surface area contributed by atoms with E-state index in [2.05, 4.69) is 15.6 Å². The Morgan fingerprint density at radius 2 is 2.44 bits per heavy atom. The topological polar surface area (TPSA) is 63.2 Å². The summed E-state index contributed by atoms with van der Waals surface area (Å²) in [7, 11) is 1.61.